The minimum atomic E-state index is -0.743. The van der Waals surface area contributed by atoms with Crippen LogP contribution in [-0.2, 0) is 16.0 Å². The van der Waals surface area contributed by atoms with Gasteiger partial charge in [-0.25, -0.2) is 14.2 Å². The minimum Gasteiger partial charge on any atom is -0.442 e. The summed E-state index contributed by atoms with van der Waals surface area (Å²) in [6, 6.07) is 15.2. The highest BCUT2D eigenvalue weighted by Crippen LogP contribution is 2.29. The predicted octanol–water partition coefficient (Wildman–Crippen LogP) is 3.80. The van der Waals surface area contributed by atoms with Gasteiger partial charge in [-0.3, -0.25) is 9.59 Å². The molecule has 1 amide bonds. The summed E-state index contributed by atoms with van der Waals surface area (Å²) in [5, 5.41) is 18.1. The van der Waals surface area contributed by atoms with Gasteiger partial charge in [-0.15, -0.1) is 5.10 Å². The predicted molar refractivity (Wildman–Crippen MR) is 161 cm³/mol. The van der Waals surface area contributed by atoms with Gasteiger partial charge in [-0.2, -0.15) is 14.9 Å². The average molecular weight is 617 g/mol. The number of morpholine rings is 1. The summed E-state index contributed by atoms with van der Waals surface area (Å²) < 4.78 is 14.9. The van der Waals surface area contributed by atoms with Gasteiger partial charge in [0.15, 0.2) is 0 Å². The number of carbonyl (C=O) groups is 2. The Labute approximate surface area is 256 Å². The Morgan fingerprint density at radius 1 is 1.00 bits per heavy atom. The van der Waals surface area contributed by atoms with Crippen LogP contribution in [0.3, 0.4) is 0 Å². The standard InChI is InChI=1S/C30H29ClN8O5/c1-30(2,3)44-29(42)39-24-9-4-19(17-38-26(40)11-10-25(31)33-38)16-22(24)27(34-39)23-18-37(35-32-23)21-7-5-20(6-8-21)28(41)36-12-14-43-15-13-36/h4-11,16,18H,12-15,17H2,1-3H3. The molecule has 1 saturated heterocycles. The SMILES string of the molecule is CC(C)(C)OC(=O)n1nc(-c2cn(-c3ccc(C(=O)N4CCOCC4)cc3)nn2)c2cc(Cn3nc(Cl)ccc3=O)ccc21. The lowest BCUT2D eigenvalue weighted by molar-refractivity contribution is 0.0303. The molecule has 0 unspecified atom stereocenters. The van der Waals surface area contributed by atoms with Gasteiger partial charge in [0.25, 0.3) is 11.5 Å². The van der Waals surface area contributed by atoms with E-state index in [1.54, 1.807) is 72.9 Å². The summed E-state index contributed by atoms with van der Waals surface area (Å²) in [5.41, 5.74) is 2.22. The second kappa shape index (κ2) is 11.7. The molecule has 1 aliphatic heterocycles. The highest BCUT2D eigenvalue weighted by Gasteiger charge is 2.24. The van der Waals surface area contributed by atoms with Crippen LogP contribution in [0.2, 0.25) is 5.15 Å². The van der Waals surface area contributed by atoms with Crippen molar-refractivity contribution in [1.82, 2.24) is 39.5 Å². The summed E-state index contributed by atoms with van der Waals surface area (Å²) in [5.74, 6) is -0.0516. The van der Waals surface area contributed by atoms with Crippen LogP contribution in [0, 0.1) is 0 Å². The topological polar surface area (TPSA) is 139 Å². The lowest BCUT2D eigenvalue weighted by Crippen LogP contribution is -2.40. The first kappa shape index (κ1) is 29.2. The van der Waals surface area contributed by atoms with Gasteiger partial charge in [-0.05, 0) is 68.8 Å². The third-order valence-corrected chi connectivity index (χ3v) is 7.09. The molecule has 4 heterocycles. The van der Waals surface area contributed by atoms with Crippen molar-refractivity contribution in [1.29, 1.82) is 0 Å². The summed E-state index contributed by atoms with van der Waals surface area (Å²) in [7, 11) is 0. The van der Waals surface area contributed by atoms with Crippen LogP contribution in [0.15, 0.2) is 65.6 Å². The van der Waals surface area contributed by atoms with E-state index in [1.807, 2.05) is 6.07 Å². The number of nitrogens with zero attached hydrogens (tertiary/aromatic N) is 8. The fourth-order valence-corrected chi connectivity index (χ4v) is 4.97. The van der Waals surface area contributed by atoms with Crippen molar-refractivity contribution in [3.05, 3.63) is 87.4 Å². The number of halogens is 1. The number of rotatable bonds is 5. The fourth-order valence-electron chi connectivity index (χ4n) is 4.81. The van der Waals surface area contributed by atoms with Crippen LogP contribution in [0.4, 0.5) is 4.79 Å². The second-order valence-electron chi connectivity index (χ2n) is 11.2. The number of benzene rings is 2. The van der Waals surface area contributed by atoms with Crippen LogP contribution < -0.4 is 5.56 Å². The summed E-state index contributed by atoms with van der Waals surface area (Å²) >= 11 is 6.01. The Bertz CT molecular complexity index is 1920. The van der Waals surface area contributed by atoms with Crippen molar-refractivity contribution < 1.29 is 19.1 Å². The molecule has 5 aromatic rings. The molecule has 0 saturated carbocycles. The second-order valence-corrected chi connectivity index (χ2v) is 11.6. The van der Waals surface area contributed by atoms with Gasteiger partial charge in [0.1, 0.15) is 22.1 Å². The molecule has 1 aliphatic rings. The molecule has 226 valence electrons. The molecule has 0 atom stereocenters. The number of hydrogen-bond acceptors (Lipinski definition) is 9. The zero-order valence-electron chi connectivity index (χ0n) is 24.3. The van der Waals surface area contributed by atoms with E-state index >= 15 is 0 Å². The highest BCUT2D eigenvalue weighted by molar-refractivity contribution is 6.29. The monoisotopic (exact) mass is 616 g/mol. The van der Waals surface area contributed by atoms with Crippen molar-refractivity contribution >= 4 is 34.5 Å². The molecule has 0 radical (unpaired) electrons. The smallest absolute Gasteiger partial charge is 0.435 e. The Morgan fingerprint density at radius 2 is 1.75 bits per heavy atom. The molecule has 2 aromatic carbocycles. The first-order valence-electron chi connectivity index (χ1n) is 13.9. The van der Waals surface area contributed by atoms with Crippen LogP contribution in [-0.4, -0.2) is 83.4 Å². The quantitative estimate of drug-likeness (QED) is 0.288. The third-order valence-electron chi connectivity index (χ3n) is 6.89. The van der Waals surface area contributed by atoms with E-state index in [-0.39, 0.29) is 23.2 Å². The van der Waals surface area contributed by atoms with E-state index in [0.29, 0.717) is 59.8 Å². The van der Waals surface area contributed by atoms with Crippen molar-refractivity contribution in [2.45, 2.75) is 32.9 Å². The molecule has 3 aromatic heterocycles. The summed E-state index contributed by atoms with van der Waals surface area (Å²) in [4.78, 5) is 40.1. The van der Waals surface area contributed by atoms with E-state index in [9.17, 15) is 14.4 Å². The van der Waals surface area contributed by atoms with Gasteiger partial charge >= 0.3 is 6.09 Å². The van der Waals surface area contributed by atoms with Crippen molar-refractivity contribution in [3.8, 4) is 17.1 Å². The molecular formula is C30H29ClN8O5. The highest BCUT2D eigenvalue weighted by atomic mass is 35.5. The lowest BCUT2D eigenvalue weighted by atomic mass is 10.1. The van der Waals surface area contributed by atoms with Crippen LogP contribution in [0.1, 0.15) is 36.7 Å². The normalized spacial score (nSPS) is 13.8. The van der Waals surface area contributed by atoms with Crippen LogP contribution in [0.5, 0.6) is 0 Å². The Kier molecular flexibility index (Phi) is 7.74. The van der Waals surface area contributed by atoms with Gasteiger partial charge in [-0.1, -0.05) is 22.9 Å². The molecule has 0 aliphatic carbocycles. The summed E-state index contributed by atoms with van der Waals surface area (Å²) in [6.45, 7) is 7.65. The van der Waals surface area contributed by atoms with E-state index in [0.717, 1.165) is 5.56 Å². The third kappa shape index (κ3) is 6.10. The summed E-state index contributed by atoms with van der Waals surface area (Å²) in [6.07, 6.45) is 1.04. The maximum absolute atomic E-state index is 13.1. The molecule has 1 fully saturated rings. The van der Waals surface area contributed by atoms with Crippen LogP contribution >= 0.6 is 11.6 Å². The average Bonchev–Trinajstić information content (AvgIpc) is 3.64. The lowest BCUT2D eigenvalue weighted by Gasteiger charge is -2.26. The molecule has 0 N–H and O–H groups in total. The van der Waals surface area contributed by atoms with Crippen molar-refractivity contribution in [3.63, 3.8) is 0 Å². The number of hydrogen-bond donors (Lipinski definition) is 0. The van der Waals surface area contributed by atoms with Gasteiger partial charge in [0.05, 0.1) is 37.2 Å². The maximum atomic E-state index is 13.1. The van der Waals surface area contributed by atoms with Gasteiger partial charge < -0.3 is 14.4 Å². The number of amides is 1. The maximum Gasteiger partial charge on any atom is 0.435 e. The number of aromatic nitrogens is 7. The number of ether oxygens (including phenoxy) is 2. The first-order chi connectivity index (χ1) is 21.1. The van der Waals surface area contributed by atoms with E-state index in [4.69, 9.17) is 21.1 Å². The van der Waals surface area contributed by atoms with Crippen molar-refractivity contribution in [2.24, 2.45) is 0 Å². The fraction of sp³-hybridized carbons (Fsp3) is 0.300. The molecule has 44 heavy (non-hydrogen) atoms. The largest absolute Gasteiger partial charge is 0.442 e. The Morgan fingerprint density at radius 3 is 2.48 bits per heavy atom. The van der Waals surface area contributed by atoms with E-state index in [1.165, 1.54) is 21.5 Å². The molecule has 14 heteroatoms. The number of carbonyl (C=O) groups excluding carboxylic acids is 2. The minimum absolute atomic E-state index is 0.0516. The molecule has 0 spiro atoms. The molecule has 0 bridgehead atoms. The Hall–Kier alpha value is -4.88. The van der Waals surface area contributed by atoms with Gasteiger partial charge in [0.2, 0.25) is 0 Å². The van der Waals surface area contributed by atoms with Crippen LogP contribution in [0.25, 0.3) is 28.0 Å². The zero-order chi connectivity index (χ0) is 31.0. The van der Waals surface area contributed by atoms with E-state index in [2.05, 4.69) is 20.5 Å². The Balaban J connectivity index is 1.35. The first-order valence-corrected chi connectivity index (χ1v) is 14.3. The molecule has 6 rings (SSSR count). The molecular weight excluding hydrogens is 588 g/mol. The molecule has 13 nitrogen and oxygen atoms in total. The number of fused-ring (bicyclic) bond motifs is 1. The zero-order valence-corrected chi connectivity index (χ0v) is 25.1. The van der Waals surface area contributed by atoms with E-state index < -0.39 is 11.7 Å². The van der Waals surface area contributed by atoms with Crippen molar-refractivity contribution in [2.75, 3.05) is 26.3 Å². The van der Waals surface area contributed by atoms with Gasteiger partial charge in [0, 0.05) is 30.1 Å².